The Morgan fingerprint density at radius 1 is 1.24 bits per heavy atom. The van der Waals surface area contributed by atoms with E-state index >= 15 is 0 Å². The normalized spacial score (nSPS) is 23.9. The third kappa shape index (κ3) is 3.32. The largest absolute Gasteiger partial charge is 0.457 e. The van der Waals surface area contributed by atoms with E-state index in [2.05, 4.69) is 15.6 Å². The first-order chi connectivity index (χ1) is 12.2. The number of fused-ring (bicyclic) bond motifs is 2. The molecule has 3 unspecified atom stereocenters. The van der Waals surface area contributed by atoms with E-state index in [-0.39, 0.29) is 11.9 Å². The maximum absolute atomic E-state index is 12.4. The summed E-state index contributed by atoms with van der Waals surface area (Å²) in [6, 6.07) is 13.4. The summed E-state index contributed by atoms with van der Waals surface area (Å²) in [5.74, 6) is 1.09. The van der Waals surface area contributed by atoms with Crippen LogP contribution in [0.15, 0.2) is 42.6 Å². The number of benzene rings is 1. The van der Waals surface area contributed by atoms with Gasteiger partial charge in [-0.3, -0.25) is 4.79 Å². The van der Waals surface area contributed by atoms with Crippen molar-refractivity contribution in [3.63, 3.8) is 0 Å². The highest BCUT2D eigenvalue weighted by atomic mass is 16.5. The lowest BCUT2D eigenvalue weighted by molar-refractivity contribution is 0.0931. The Kier molecular flexibility index (Phi) is 4.08. The highest BCUT2D eigenvalue weighted by Crippen LogP contribution is 2.28. The van der Waals surface area contributed by atoms with Gasteiger partial charge in [-0.15, -0.1) is 0 Å². The zero-order valence-corrected chi connectivity index (χ0v) is 13.6. The van der Waals surface area contributed by atoms with E-state index < -0.39 is 0 Å². The van der Waals surface area contributed by atoms with Crippen LogP contribution in [0.1, 0.15) is 35.3 Å². The number of amides is 1. The summed E-state index contributed by atoms with van der Waals surface area (Å²) < 4.78 is 5.70. The van der Waals surface area contributed by atoms with E-state index in [0.717, 1.165) is 12.8 Å². The zero-order chi connectivity index (χ0) is 17.2. The summed E-state index contributed by atoms with van der Waals surface area (Å²) in [6.45, 7) is 0. The smallest absolute Gasteiger partial charge is 0.251 e. The summed E-state index contributed by atoms with van der Waals surface area (Å²) in [7, 11) is 0. The van der Waals surface area contributed by atoms with Crippen molar-refractivity contribution in [1.82, 2.24) is 15.6 Å². The molecule has 6 heteroatoms. The van der Waals surface area contributed by atoms with Crippen molar-refractivity contribution in [2.45, 2.75) is 37.4 Å². The molecule has 0 radical (unpaired) electrons. The molecule has 2 aliphatic heterocycles. The number of hydrogen-bond donors (Lipinski definition) is 2. The Hall–Kier alpha value is -2.91. The van der Waals surface area contributed by atoms with E-state index in [4.69, 9.17) is 10.00 Å². The van der Waals surface area contributed by atoms with E-state index in [0.29, 0.717) is 34.8 Å². The molecular weight excluding hydrogens is 316 g/mol. The number of aromatic nitrogens is 1. The average Bonchev–Trinajstić information content (AvgIpc) is 3.25. The molecule has 2 fully saturated rings. The summed E-state index contributed by atoms with van der Waals surface area (Å²) in [5.41, 5.74) is 0.913. The molecule has 2 aromatic rings. The van der Waals surface area contributed by atoms with Crippen molar-refractivity contribution in [2.75, 3.05) is 0 Å². The fourth-order valence-electron chi connectivity index (χ4n) is 3.58. The van der Waals surface area contributed by atoms with E-state index in [9.17, 15) is 4.79 Å². The average molecular weight is 334 g/mol. The first-order valence-corrected chi connectivity index (χ1v) is 8.42. The number of nitrogens with zero attached hydrogens (tertiary/aromatic N) is 2. The number of carbonyl (C=O) groups excluding carboxylic acids is 1. The molecule has 126 valence electrons. The summed E-state index contributed by atoms with van der Waals surface area (Å²) in [6.07, 6.45) is 4.89. The molecule has 2 aliphatic rings. The maximum Gasteiger partial charge on any atom is 0.251 e. The SMILES string of the molecule is N#Cc1cc(Oc2ccc(C(=O)NC3CC4CCC3N4)cc2)ccn1. The molecule has 0 aliphatic carbocycles. The fraction of sp³-hybridized carbons (Fsp3) is 0.316. The van der Waals surface area contributed by atoms with Gasteiger partial charge >= 0.3 is 0 Å². The molecule has 3 atom stereocenters. The monoisotopic (exact) mass is 334 g/mol. The summed E-state index contributed by atoms with van der Waals surface area (Å²) in [4.78, 5) is 16.3. The first kappa shape index (κ1) is 15.6. The molecule has 4 rings (SSSR count). The highest BCUT2D eigenvalue weighted by molar-refractivity contribution is 5.94. The van der Waals surface area contributed by atoms with Crippen LogP contribution in [-0.4, -0.2) is 29.0 Å². The number of rotatable bonds is 4. The van der Waals surface area contributed by atoms with Crippen LogP contribution in [0.2, 0.25) is 0 Å². The Balaban J connectivity index is 1.39. The molecule has 2 bridgehead atoms. The summed E-state index contributed by atoms with van der Waals surface area (Å²) in [5, 5.41) is 15.5. The molecule has 25 heavy (non-hydrogen) atoms. The molecule has 3 heterocycles. The van der Waals surface area contributed by atoms with Gasteiger partial charge in [-0.25, -0.2) is 4.98 Å². The van der Waals surface area contributed by atoms with Gasteiger partial charge in [-0.2, -0.15) is 5.26 Å². The number of pyridine rings is 1. The quantitative estimate of drug-likeness (QED) is 0.896. The van der Waals surface area contributed by atoms with Crippen LogP contribution in [0.25, 0.3) is 0 Å². The van der Waals surface area contributed by atoms with Crippen LogP contribution in [0.3, 0.4) is 0 Å². The molecule has 1 aromatic heterocycles. The molecule has 2 N–H and O–H groups in total. The van der Waals surface area contributed by atoms with E-state index in [1.807, 2.05) is 6.07 Å². The van der Waals surface area contributed by atoms with Crippen LogP contribution in [-0.2, 0) is 0 Å². The van der Waals surface area contributed by atoms with Gasteiger partial charge in [0.15, 0.2) is 0 Å². The minimum atomic E-state index is -0.0541. The van der Waals surface area contributed by atoms with Crippen LogP contribution in [0.4, 0.5) is 0 Å². The van der Waals surface area contributed by atoms with E-state index in [1.54, 1.807) is 36.4 Å². The molecule has 2 saturated heterocycles. The third-order valence-electron chi connectivity index (χ3n) is 4.81. The Bertz CT molecular complexity index is 828. The van der Waals surface area contributed by atoms with Crippen molar-refractivity contribution in [3.8, 4) is 17.6 Å². The number of nitriles is 1. The van der Waals surface area contributed by atoms with Crippen molar-refractivity contribution in [1.29, 1.82) is 5.26 Å². The minimum Gasteiger partial charge on any atom is -0.457 e. The topological polar surface area (TPSA) is 87.0 Å². The third-order valence-corrected chi connectivity index (χ3v) is 4.81. The van der Waals surface area contributed by atoms with Crippen molar-refractivity contribution in [3.05, 3.63) is 53.9 Å². The van der Waals surface area contributed by atoms with Gasteiger partial charge < -0.3 is 15.4 Å². The molecule has 6 nitrogen and oxygen atoms in total. The second-order valence-corrected chi connectivity index (χ2v) is 6.48. The van der Waals surface area contributed by atoms with Gasteiger partial charge in [0.05, 0.1) is 0 Å². The van der Waals surface area contributed by atoms with Gasteiger partial charge in [0.1, 0.15) is 23.3 Å². The molecule has 1 aromatic carbocycles. The van der Waals surface area contributed by atoms with Gasteiger partial charge in [-0.05, 0) is 49.6 Å². The number of ether oxygens (including phenoxy) is 1. The second kappa shape index (κ2) is 6.54. The lowest BCUT2D eigenvalue weighted by Crippen LogP contribution is -2.42. The Morgan fingerprint density at radius 2 is 2.08 bits per heavy atom. The van der Waals surface area contributed by atoms with Gasteiger partial charge in [0, 0.05) is 36.0 Å². The Morgan fingerprint density at radius 3 is 2.76 bits per heavy atom. The van der Waals surface area contributed by atoms with Gasteiger partial charge in [0.25, 0.3) is 5.91 Å². The molecular formula is C19H18N4O2. The maximum atomic E-state index is 12.4. The highest BCUT2D eigenvalue weighted by Gasteiger charge is 2.39. The first-order valence-electron chi connectivity index (χ1n) is 8.42. The van der Waals surface area contributed by atoms with Crippen LogP contribution < -0.4 is 15.4 Å². The number of nitrogens with one attached hydrogen (secondary N) is 2. The lowest BCUT2D eigenvalue weighted by atomic mass is 9.95. The predicted octanol–water partition coefficient (Wildman–Crippen LogP) is 2.37. The van der Waals surface area contributed by atoms with Crippen molar-refractivity contribution in [2.24, 2.45) is 0 Å². The van der Waals surface area contributed by atoms with Crippen LogP contribution >= 0.6 is 0 Å². The minimum absolute atomic E-state index is 0.0541. The van der Waals surface area contributed by atoms with Gasteiger partial charge in [0.2, 0.25) is 0 Å². The standard InChI is InChI=1S/C19H18N4O2/c20-11-14-9-16(7-8-21-14)25-15-4-1-12(2-5-15)19(24)23-18-10-13-3-6-17(18)22-13/h1-2,4-5,7-9,13,17-18,22H,3,6,10H2,(H,23,24). The van der Waals surface area contributed by atoms with Gasteiger partial charge in [-0.1, -0.05) is 0 Å². The van der Waals surface area contributed by atoms with Crippen LogP contribution in [0.5, 0.6) is 11.5 Å². The van der Waals surface area contributed by atoms with E-state index in [1.165, 1.54) is 12.6 Å². The lowest BCUT2D eigenvalue weighted by Gasteiger charge is -2.21. The number of carbonyl (C=O) groups is 1. The Labute approximate surface area is 145 Å². The second-order valence-electron chi connectivity index (χ2n) is 6.48. The molecule has 1 amide bonds. The van der Waals surface area contributed by atoms with Crippen molar-refractivity contribution >= 4 is 5.91 Å². The van der Waals surface area contributed by atoms with Crippen molar-refractivity contribution < 1.29 is 9.53 Å². The number of hydrogen-bond acceptors (Lipinski definition) is 5. The fourth-order valence-corrected chi connectivity index (χ4v) is 3.58. The summed E-state index contributed by atoms with van der Waals surface area (Å²) >= 11 is 0. The predicted molar refractivity (Wildman–Crippen MR) is 91.3 cm³/mol. The zero-order valence-electron chi connectivity index (χ0n) is 13.6. The van der Waals surface area contributed by atoms with Crippen LogP contribution in [0, 0.1) is 11.3 Å². The molecule has 0 spiro atoms. The molecule has 0 saturated carbocycles.